The third kappa shape index (κ3) is 3.28. The number of halogens is 2. The summed E-state index contributed by atoms with van der Waals surface area (Å²) in [6.45, 7) is 4.27. The summed E-state index contributed by atoms with van der Waals surface area (Å²) in [7, 11) is 2.10. The van der Waals surface area contributed by atoms with E-state index in [2.05, 4.69) is 50.1 Å². The summed E-state index contributed by atoms with van der Waals surface area (Å²) in [5, 5.41) is 0.774. The van der Waals surface area contributed by atoms with E-state index in [1.807, 2.05) is 18.2 Å². The molecule has 2 rings (SSSR count). The van der Waals surface area contributed by atoms with E-state index in [1.165, 1.54) is 22.4 Å². The first-order valence-electron chi connectivity index (χ1n) is 6.66. The van der Waals surface area contributed by atoms with E-state index in [9.17, 15) is 0 Å². The van der Waals surface area contributed by atoms with Crippen LogP contribution in [0, 0.1) is 6.92 Å². The van der Waals surface area contributed by atoms with Gasteiger partial charge in [0.1, 0.15) is 0 Å². The number of hydrogen-bond acceptors (Lipinski definition) is 1. The van der Waals surface area contributed by atoms with Gasteiger partial charge in [-0.15, -0.1) is 11.6 Å². The lowest BCUT2D eigenvalue weighted by atomic mass is 10.0. The molecule has 0 bridgehead atoms. The molecule has 0 amide bonds. The van der Waals surface area contributed by atoms with Crippen LogP contribution in [-0.2, 0) is 5.88 Å². The summed E-state index contributed by atoms with van der Waals surface area (Å²) in [4.78, 5) is 2.25. The van der Waals surface area contributed by atoms with Crippen molar-refractivity contribution >= 4 is 28.9 Å². The molecule has 2 aromatic rings. The van der Waals surface area contributed by atoms with Crippen LogP contribution in [0.1, 0.15) is 29.7 Å². The maximum atomic E-state index is 6.07. The number of anilines is 1. The Morgan fingerprint density at radius 3 is 2.50 bits per heavy atom. The first-order valence-corrected chi connectivity index (χ1v) is 7.58. The van der Waals surface area contributed by atoms with Gasteiger partial charge in [-0.25, -0.2) is 0 Å². The van der Waals surface area contributed by atoms with Gasteiger partial charge in [-0.2, -0.15) is 0 Å². The molecule has 20 heavy (non-hydrogen) atoms. The van der Waals surface area contributed by atoms with Crippen LogP contribution >= 0.6 is 23.2 Å². The van der Waals surface area contributed by atoms with Gasteiger partial charge < -0.3 is 4.90 Å². The van der Waals surface area contributed by atoms with Gasteiger partial charge in [0.2, 0.25) is 0 Å². The maximum absolute atomic E-state index is 6.07. The second-order valence-corrected chi connectivity index (χ2v) is 5.79. The van der Waals surface area contributed by atoms with Gasteiger partial charge in [-0.1, -0.05) is 29.8 Å². The normalized spacial score (nSPS) is 12.2. The van der Waals surface area contributed by atoms with E-state index < -0.39 is 0 Å². The van der Waals surface area contributed by atoms with E-state index in [-0.39, 0.29) is 6.04 Å². The lowest BCUT2D eigenvalue weighted by molar-refractivity contribution is 0.739. The zero-order valence-electron chi connectivity index (χ0n) is 12.0. The van der Waals surface area contributed by atoms with Crippen molar-refractivity contribution in [2.75, 3.05) is 11.9 Å². The van der Waals surface area contributed by atoms with Gasteiger partial charge in [-0.05, 0) is 54.8 Å². The van der Waals surface area contributed by atoms with Gasteiger partial charge in [0, 0.05) is 23.6 Å². The number of nitrogens with zero attached hydrogens (tertiary/aromatic N) is 1. The molecule has 0 heterocycles. The molecule has 2 aromatic carbocycles. The van der Waals surface area contributed by atoms with E-state index in [0.717, 1.165) is 5.02 Å². The smallest absolute Gasteiger partial charge is 0.0511 e. The molecule has 0 aliphatic carbocycles. The molecular formula is C17H19Cl2N. The van der Waals surface area contributed by atoms with Crippen molar-refractivity contribution in [2.24, 2.45) is 0 Å². The molecule has 0 fully saturated rings. The summed E-state index contributed by atoms with van der Waals surface area (Å²) in [5.74, 6) is 0.555. The molecule has 1 atom stereocenters. The highest BCUT2D eigenvalue weighted by Crippen LogP contribution is 2.28. The van der Waals surface area contributed by atoms with Gasteiger partial charge in [0.15, 0.2) is 0 Å². The Bertz CT molecular complexity index is 595. The third-order valence-corrected chi connectivity index (χ3v) is 4.31. The second kappa shape index (κ2) is 6.51. The van der Waals surface area contributed by atoms with E-state index in [0.29, 0.717) is 5.88 Å². The van der Waals surface area contributed by atoms with Crippen molar-refractivity contribution in [2.45, 2.75) is 25.8 Å². The first kappa shape index (κ1) is 15.2. The molecule has 0 saturated carbocycles. The molecule has 0 saturated heterocycles. The fourth-order valence-electron chi connectivity index (χ4n) is 2.26. The SMILES string of the molecule is Cc1cc(N(C)C(C)c2cccc(Cl)c2)ccc1CCl. The van der Waals surface area contributed by atoms with Crippen molar-refractivity contribution in [3.8, 4) is 0 Å². The van der Waals surface area contributed by atoms with E-state index in [1.54, 1.807) is 0 Å². The minimum absolute atomic E-state index is 0.259. The second-order valence-electron chi connectivity index (χ2n) is 5.09. The number of hydrogen-bond donors (Lipinski definition) is 0. The van der Waals surface area contributed by atoms with Crippen molar-refractivity contribution in [3.63, 3.8) is 0 Å². The van der Waals surface area contributed by atoms with Crippen LogP contribution in [-0.4, -0.2) is 7.05 Å². The van der Waals surface area contributed by atoms with Crippen LogP contribution < -0.4 is 4.90 Å². The Morgan fingerprint density at radius 2 is 1.90 bits per heavy atom. The summed E-state index contributed by atoms with van der Waals surface area (Å²) in [6.07, 6.45) is 0. The van der Waals surface area contributed by atoms with Crippen LogP contribution in [0.4, 0.5) is 5.69 Å². The molecular weight excluding hydrogens is 289 g/mol. The zero-order chi connectivity index (χ0) is 14.7. The van der Waals surface area contributed by atoms with Crippen LogP contribution in [0.2, 0.25) is 5.02 Å². The monoisotopic (exact) mass is 307 g/mol. The first-order chi connectivity index (χ1) is 9.52. The average molecular weight is 308 g/mol. The highest BCUT2D eigenvalue weighted by Gasteiger charge is 2.13. The summed E-state index contributed by atoms with van der Waals surface area (Å²) < 4.78 is 0. The Hall–Kier alpha value is -1.18. The lowest BCUT2D eigenvalue weighted by Crippen LogP contribution is -2.21. The van der Waals surface area contributed by atoms with Crippen LogP contribution in [0.5, 0.6) is 0 Å². The predicted octanol–water partition coefficient (Wildman–Crippen LogP) is 5.58. The molecule has 0 N–H and O–H groups in total. The molecule has 3 heteroatoms. The quantitative estimate of drug-likeness (QED) is 0.666. The van der Waals surface area contributed by atoms with Gasteiger partial charge >= 0.3 is 0 Å². The Balaban J connectivity index is 2.26. The fraction of sp³-hybridized carbons (Fsp3) is 0.294. The molecule has 1 unspecified atom stereocenters. The summed E-state index contributed by atoms with van der Waals surface area (Å²) in [6, 6.07) is 14.7. The predicted molar refractivity (Wildman–Crippen MR) is 89.0 cm³/mol. The molecule has 0 aromatic heterocycles. The Morgan fingerprint density at radius 1 is 1.15 bits per heavy atom. The fourth-order valence-corrected chi connectivity index (χ4v) is 2.76. The van der Waals surface area contributed by atoms with Crippen molar-refractivity contribution in [3.05, 3.63) is 64.2 Å². The Labute approximate surface area is 131 Å². The molecule has 106 valence electrons. The van der Waals surface area contributed by atoms with Gasteiger partial charge in [0.05, 0.1) is 6.04 Å². The minimum atomic E-state index is 0.259. The Kier molecular flexibility index (Phi) is 4.95. The van der Waals surface area contributed by atoms with Gasteiger partial charge in [-0.3, -0.25) is 0 Å². The van der Waals surface area contributed by atoms with Crippen molar-refractivity contribution in [1.82, 2.24) is 0 Å². The van der Waals surface area contributed by atoms with Crippen LogP contribution in [0.3, 0.4) is 0 Å². The lowest BCUT2D eigenvalue weighted by Gasteiger charge is -2.28. The standard InChI is InChI=1S/C17H19Cl2N/c1-12-9-17(8-7-15(12)11-18)20(3)13(2)14-5-4-6-16(19)10-14/h4-10,13H,11H2,1-3H3. The summed E-state index contributed by atoms with van der Waals surface area (Å²) in [5.41, 5.74) is 4.80. The third-order valence-electron chi connectivity index (χ3n) is 3.79. The van der Waals surface area contributed by atoms with Crippen LogP contribution in [0.25, 0.3) is 0 Å². The zero-order valence-corrected chi connectivity index (χ0v) is 13.5. The minimum Gasteiger partial charge on any atom is -0.368 e. The van der Waals surface area contributed by atoms with Crippen LogP contribution in [0.15, 0.2) is 42.5 Å². The molecule has 0 aliphatic rings. The molecule has 1 nitrogen and oxygen atoms in total. The largest absolute Gasteiger partial charge is 0.368 e. The number of alkyl halides is 1. The number of aryl methyl sites for hydroxylation is 1. The van der Waals surface area contributed by atoms with Gasteiger partial charge in [0.25, 0.3) is 0 Å². The molecule has 0 spiro atoms. The topological polar surface area (TPSA) is 3.24 Å². The van der Waals surface area contributed by atoms with E-state index in [4.69, 9.17) is 23.2 Å². The average Bonchev–Trinajstić information content (AvgIpc) is 2.45. The highest BCUT2D eigenvalue weighted by atomic mass is 35.5. The number of benzene rings is 2. The number of rotatable bonds is 4. The molecule has 0 aliphatic heterocycles. The van der Waals surface area contributed by atoms with Crippen molar-refractivity contribution in [1.29, 1.82) is 0 Å². The van der Waals surface area contributed by atoms with E-state index >= 15 is 0 Å². The molecule has 0 radical (unpaired) electrons. The highest BCUT2D eigenvalue weighted by molar-refractivity contribution is 6.30. The summed E-state index contributed by atoms with van der Waals surface area (Å²) >= 11 is 12.0. The van der Waals surface area contributed by atoms with Crippen molar-refractivity contribution < 1.29 is 0 Å². The maximum Gasteiger partial charge on any atom is 0.0511 e.